The number of benzene rings is 2. The van der Waals surface area contributed by atoms with Gasteiger partial charge in [0.05, 0.1) is 0 Å². The number of hydrogen-bond acceptors (Lipinski definition) is 4. The minimum absolute atomic E-state index is 0.955. The molecule has 1 aromatic heterocycles. The van der Waals surface area contributed by atoms with Gasteiger partial charge in [0.25, 0.3) is 0 Å². The number of nitrogens with zero attached hydrogens (tertiary/aromatic N) is 2. The van der Waals surface area contributed by atoms with E-state index in [1.807, 2.05) is 18.0 Å². The predicted octanol–water partition coefficient (Wildman–Crippen LogP) is 3.93. The van der Waals surface area contributed by atoms with E-state index in [9.17, 15) is 0 Å². The van der Waals surface area contributed by atoms with Crippen LogP contribution in [0.2, 0.25) is 0 Å². The van der Waals surface area contributed by atoms with Gasteiger partial charge in [0.15, 0.2) is 0 Å². The summed E-state index contributed by atoms with van der Waals surface area (Å²) in [5.41, 5.74) is 2.69. The molecule has 0 radical (unpaired) electrons. The van der Waals surface area contributed by atoms with Crippen LogP contribution in [-0.2, 0) is 12.3 Å². The van der Waals surface area contributed by atoms with E-state index in [4.69, 9.17) is 0 Å². The summed E-state index contributed by atoms with van der Waals surface area (Å²) in [6, 6.07) is 19.5. The monoisotopic (exact) mass is 349 g/mol. The van der Waals surface area contributed by atoms with Crippen molar-refractivity contribution < 1.29 is 0 Å². The van der Waals surface area contributed by atoms with Gasteiger partial charge in [-0.2, -0.15) is 0 Å². The number of rotatable bonds is 5. The van der Waals surface area contributed by atoms with E-state index < -0.39 is 0 Å². The molecule has 1 aliphatic rings. The van der Waals surface area contributed by atoms with Crippen LogP contribution in [0.3, 0.4) is 0 Å². The topological polar surface area (TPSA) is 28.2 Å². The Labute approximate surface area is 153 Å². The number of aromatic nitrogens is 1. The van der Waals surface area contributed by atoms with E-state index in [1.54, 1.807) is 0 Å². The highest BCUT2D eigenvalue weighted by Gasteiger charge is 2.13. The van der Waals surface area contributed by atoms with Gasteiger partial charge in [0.2, 0.25) is 0 Å². The molecule has 128 valence electrons. The predicted molar refractivity (Wildman–Crippen MR) is 106 cm³/mol. The van der Waals surface area contributed by atoms with Gasteiger partial charge in [-0.3, -0.25) is 4.90 Å². The van der Waals surface area contributed by atoms with Crippen LogP contribution in [0.25, 0.3) is 10.8 Å². The molecule has 4 heteroatoms. The number of thioether (sulfide) groups is 1. The second kappa shape index (κ2) is 8.00. The van der Waals surface area contributed by atoms with Crippen molar-refractivity contribution in [3.05, 3.63) is 71.9 Å². The molecule has 1 saturated heterocycles. The zero-order chi connectivity index (χ0) is 16.9. The molecular weight excluding hydrogens is 326 g/mol. The van der Waals surface area contributed by atoms with E-state index >= 15 is 0 Å². The van der Waals surface area contributed by atoms with Gasteiger partial charge in [-0.15, -0.1) is 11.8 Å². The quantitative estimate of drug-likeness (QED) is 0.707. The third-order valence-electron chi connectivity index (χ3n) is 4.64. The molecule has 0 aliphatic carbocycles. The molecule has 1 fully saturated rings. The van der Waals surface area contributed by atoms with Crippen molar-refractivity contribution in [3.63, 3.8) is 0 Å². The number of fused-ring (bicyclic) bond motifs is 1. The maximum Gasteiger partial charge on any atom is 0.101 e. The fourth-order valence-corrected chi connectivity index (χ4v) is 4.20. The second-order valence-corrected chi connectivity index (χ2v) is 7.43. The summed E-state index contributed by atoms with van der Waals surface area (Å²) in [7, 11) is 0. The van der Waals surface area contributed by atoms with Crippen LogP contribution in [0.1, 0.15) is 11.1 Å². The Kier molecular flexibility index (Phi) is 5.31. The van der Waals surface area contributed by atoms with E-state index in [1.165, 1.54) is 21.9 Å². The van der Waals surface area contributed by atoms with Crippen LogP contribution in [0.4, 0.5) is 0 Å². The van der Waals surface area contributed by atoms with Crippen molar-refractivity contribution in [2.45, 2.75) is 17.3 Å². The zero-order valence-corrected chi connectivity index (χ0v) is 15.1. The van der Waals surface area contributed by atoms with E-state index in [-0.39, 0.29) is 0 Å². The molecule has 1 aliphatic heterocycles. The highest BCUT2D eigenvalue weighted by Crippen LogP contribution is 2.26. The first kappa shape index (κ1) is 16.6. The lowest BCUT2D eigenvalue weighted by atomic mass is 10.1. The van der Waals surface area contributed by atoms with E-state index in [2.05, 4.69) is 69.8 Å². The highest BCUT2D eigenvalue weighted by molar-refractivity contribution is 7.98. The normalized spacial score (nSPS) is 15.5. The number of hydrogen-bond donors (Lipinski definition) is 1. The minimum Gasteiger partial charge on any atom is -0.314 e. The van der Waals surface area contributed by atoms with Gasteiger partial charge in [0.1, 0.15) is 5.03 Å². The molecule has 3 aromatic rings. The largest absolute Gasteiger partial charge is 0.314 e. The Morgan fingerprint density at radius 1 is 0.960 bits per heavy atom. The second-order valence-electron chi connectivity index (χ2n) is 6.46. The summed E-state index contributed by atoms with van der Waals surface area (Å²) in [6.07, 6.45) is 1.91. The molecule has 0 atom stereocenters. The van der Waals surface area contributed by atoms with Crippen molar-refractivity contribution in [3.8, 4) is 0 Å². The fraction of sp³-hybridized carbons (Fsp3) is 0.286. The van der Waals surface area contributed by atoms with Crippen molar-refractivity contribution in [1.82, 2.24) is 15.2 Å². The first-order valence-corrected chi connectivity index (χ1v) is 9.84. The third kappa shape index (κ3) is 4.21. The summed E-state index contributed by atoms with van der Waals surface area (Å²) < 4.78 is 0. The molecule has 0 spiro atoms. The summed E-state index contributed by atoms with van der Waals surface area (Å²) in [4.78, 5) is 7.15. The van der Waals surface area contributed by atoms with Gasteiger partial charge in [0, 0.05) is 44.7 Å². The van der Waals surface area contributed by atoms with Gasteiger partial charge in [-0.05, 0) is 28.0 Å². The Balaban J connectivity index is 1.46. The van der Waals surface area contributed by atoms with Gasteiger partial charge in [-0.1, -0.05) is 48.5 Å². The average molecular weight is 350 g/mol. The van der Waals surface area contributed by atoms with Gasteiger partial charge >= 0.3 is 0 Å². The van der Waals surface area contributed by atoms with Gasteiger partial charge in [-0.25, -0.2) is 4.98 Å². The Morgan fingerprint density at radius 3 is 2.68 bits per heavy atom. The van der Waals surface area contributed by atoms with Crippen molar-refractivity contribution in [1.29, 1.82) is 0 Å². The van der Waals surface area contributed by atoms with Crippen LogP contribution >= 0.6 is 11.8 Å². The summed E-state index contributed by atoms with van der Waals surface area (Å²) >= 11 is 1.84. The molecule has 2 aromatic carbocycles. The van der Waals surface area contributed by atoms with Crippen LogP contribution in [0.15, 0.2) is 65.8 Å². The molecule has 2 heterocycles. The molecular formula is C21H23N3S. The minimum atomic E-state index is 0.955. The van der Waals surface area contributed by atoms with Crippen LogP contribution in [0.5, 0.6) is 0 Å². The Morgan fingerprint density at radius 2 is 1.80 bits per heavy atom. The lowest BCUT2D eigenvalue weighted by Crippen LogP contribution is -2.42. The third-order valence-corrected chi connectivity index (χ3v) is 5.76. The zero-order valence-electron chi connectivity index (χ0n) is 14.3. The average Bonchev–Trinajstić information content (AvgIpc) is 2.68. The summed E-state index contributed by atoms with van der Waals surface area (Å²) in [5.74, 6) is 0.955. The Hall–Kier alpha value is -1.88. The standard InChI is InChI=1S/C21H23N3S/c1-2-5-19-14-17(7-8-18(19)4-1)16-25-21-20(6-3-9-23-21)15-24-12-10-22-11-13-24/h1-9,14,22H,10-13,15-16H2. The van der Waals surface area contributed by atoms with Gasteiger partial charge < -0.3 is 5.32 Å². The summed E-state index contributed by atoms with van der Waals surface area (Å²) in [5, 5.41) is 7.18. The van der Waals surface area contributed by atoms with E-state index in [0.29, 0.717) is 0 Å². The molecule has 3 nitrogen and oxygen atoms in total. The molecule has 0 amide bonds. The number of pyridine rings is 1. The highest BCUT2D eigenvalue weighted by atomic mass is 32.2. The maximum absolute atomic E-state index is 4.64. The Bertz CT molecular complexity index is 843. The lowest BCUT2D eigenvalue weighted by molar-refractivity contribution is 0.231. The molecule has 0 bridgehead atoms. The first-order valence-electron chi connectivity index (χ1n) is 8.86. The molecule has 25 heavy (non-hydrogen) atoms. The molecule has 0 saturated carbocycles. The fourth-order valence-electron chi connectivity index (χ4n) is 3.26. The first-order chi connectivity index (χ1) is 12.4. The smallest absolute Gasteiger partial charge is 0.101 e. The lowest BCUT2D eigenvalue weighted by Gasteiger charge is -2.27. The molecule has 1 N–H and O–H groups in total. The number of piperazine rings is 1. The van der Waals surface area contributed by atoms with E-state index in [0.717, 1.165) is 43.5 Å². The van der Waals surface area contributed by atoms with Crippen molar-refractivity contribution >= 4 is 22.5 Å². The molecule has 4 rings (SSSR count). The number of nitrogens with one attached hydrogen (secondary N) is 1. The van der Waals surface area contributed by atoms with Crippen LogP contribution in [0, 0.1) is 0 Å². The van der Waals surface area contributed by atoms with Crippen LogP contribution < -0.4 is 5.32 Å². The molecule has 0 unspecified atom stereocenters. The van der Waals surface area contributed by atoms with Crippen molar-refractivity contribution in [2.24, 2.45) is 0 Å². The SMILES string of the molecule is c1cnc(SCc2ccc3ccccc3c2)c(CN2CCNCC2)c1. The van der Waals surface area contributed by atoms with Crippen molar-refractivity contribution in [2.75, 3.05) is 26.2 Å². The maximum atomic E-state index is 4.64. The summed E-state index contributed by atoms with van der Waals surface area (Å²) in [6.45, 7) is 5.39. The van der Waals surface area contributed by atoms with Crippen LogP contribution in [-0.4, -0.2) is 36.1 Å².